The van der Waals surface area contributed by atoms with Gasteiger partial charge in [0.25, 0.3) is 0 Å². The van der Waals surface area contributed by atoms with Crippen molar-refractivity contribution in [3.8, 4) is 0 Å². The summed E-state index contributed by atoms with van der Waals surface area (Å²) in [6.07, 6.45) is 2.87. The summed E-state index contributed by atoms with van der Waals surface area (Å²) in [5.41, 5.74) is 2.49. The van der Waals surface area contributed by atoms with E-state index in [1.807, 2.05) is 24.3 Å². The molecule has 1 heterocycles. The largest absolute Gasteiger partial charge is 0.396 e. The van der Waals surface area contributed by atoms with Crippen LogP contribution in [0.25, 0.3) is 0 Å². The highest BCUT2D eigenvalue weighted by Gasteiger charge is 2.11. The zero-order chi connectivity index (χ0) is 12.8. The Hall–Kier alpha value is -0.830. The first kappa shape index (κ1) is 13.6. The molecule has 1 N–H and O–H groups in total. The lowest BCUT2D eigenvalue weighted by Gasteiger charge is -2.14. The second-order valence-electron chi connectivity index (χ2n) is 4.51. The molecule has 0 saturated heterocycles. The van der Waals surface area contributed by atoms with Crippen LogP contribution in [-0.2, 0) is 12.8 Å². The van der Waals surface area contributed by atoms with E-state index in [4.69, 9.17) is 11.6 Å². The first-order valence-electron chi connectivity index (χ1n) is 6.15. The van der Waals surface area contributed by atoms with Gasteiger partial charge in [0.2, 0.25) is 0 Å². The zero-order valence-electron chi connectivity index (χ0n) is 10.2. The van der Waals surface area contributed by atoms with Gasteiger partial charge in [0.15, 0.2) is 0 Å². The van der Waals surface area contributed by atoms with Gasteiger partial charge in [-0.05, 0) is 59.2 Å². The first-order chi connectivity index (χ1) is 8.79. The highest BCUT2D eigenvalue weighted by Crippen LogP contribution is 2.21. The van der Waals surface area contributed by atoms with Gasteiger partial charge in [0.1, 0.15) is 0 Å². The minimum absolute atomic E-state index is 0.218. The second-order valence-corrected chi connectivity index (χ2v) is 5.70. The summed E-state index contributed by atoms with van der Waals surface area (Å²) in [6, 6.07) is 10.0. The van der Waals surface area contributed by atoms with Crippen LogP contribution in [0.5, 0.6) is 0 Å². The molecule has 0 saturated carbocycles. The molecule has 0 aliphatic carbocycles. The minimum atomic E-state index is 0.218. The Morgan fingerprint density at radius 3 is 2.72 bits per heavy atom. The fourth-order valence-corrected chi connectivity index (χ4v) is 2.95. The van der Waals surface area contributed by atoms with Gasteiger partial charge in [-0.1, -0.05) is 29.8 Å². The highest BCUT2D eigenvalue weighted by molar-refractivity contribution is 7.07. The molecule has 1 nitrogen and oxygen atoms in total. The number of aliphatic hydroxyl groups is 1. The molecule has 96 valence electrons. The van der Waals surface area contributed by atoms with Gasteiger partial charge in [-0.15, -0.1) is 0 Å². The third kappa shape index (κ3) is 3.84. The molecule has 0 bridgehead atoms. The maximum atomic E-state index is 9.47. The summed E-state index contributed by atoms with van der Waals surface area (Å²) >= 11 is 7.87. The van der Waals surface area contributed by atoms with Gasteiger partial charge in [0.05, 0.1) is 0 Å². The van der Waals surface area contributed by atoms with Crippen LogP contribution < -0.4 is 0 Å². The molecule has 0 amide bonds. The van der Waals surface area contributed by atoms with Gasteiger partial charge in [-0.3, -0.25) is 0 Å². The Kier molecular flexibility index (Phi) is 5.24. The number of hydrogen-bond acceptors (Lipinski definition) is 2. The van der Waals surface area contributed by atoms with E-state index >= 15 is 0 Å². The number of halogens is 1. The average molecular weight is 281 g/mol. The number of hydrogen-bond donors (Lipinski definition) is 1. The maximum absolute atomic E-state index is 9.47. The van der Waals surface area contributed by atoms with Crippen molar-refractivity contribution in [2.24, 2.45) is 5.92 Å². The van der Waals surface area contributed by atoms with Gasteiger partial charge in [0, 0.05) is 11.6 Å². The highest BCUT2D eigenvalue weighted by atomic mass is 35.5. The third-order valence-electron chi connectivity index (χ3n) is 3.15. The van der Waals surface area contributed by atoms with Crippen molar-refractivity contribution >= 4 is 22.9 Å². The molecule has 1 atom stereocenters. The smallest absolute Gasteiger partial charge is 0.0462 e. The molecular weight excluding hydrogens is 264 g/mol. The van der Waals surface area contributed by atoms with Crippen LogP contribution in [0.4, 0.5) is 0 Å². The van der Waals surface area contributed by atoms with E-state index in [9.17, 15) is 5.11 Å². The van der Waals surface area contributed by atoms with Gasteiger partial charge in [-0.25, -0.2) is 0 Å². The number of rotatable bonds is 6. The first-order valence-corrected chi connectivity index (χ1v) is 7.47. The monoisotopic (exact) mass is 280 g/mol. The Morgan fingerprint density at radius 1 is 1.22 bits per heavy atom. The third-order valence-corrected chi connectivity index (χ3v) is 4.25. The lowest BCUT2D eigenvalue weighted by atomic mass is 9.94. The minimum Gasteiger partial charge on any atom is -0.396 e. The Balaban J connectivity index is 1.91. The predicted octanol–water partition coefficient (Wildman–Crippen LogP) is 4.19. The number of benzene rings is 1. The van der Waals surface area contributed by atoms with Crippen molar-refractivity contribution in [1.82, 2.24) is 0 Å². The van der Waals surface area contributed by atoms with Crippen molar-refractivity contribution in [2.75, 3.05) is 6.61 Å². The topological polar surface area (TPSA) is 20.2 Å². The molecule has 0 aliphatic rings. The number of aryl methyl sites for hydroxylation is 1. The van der Waals surface area contributed by atoms with Crippen LogP contribution in [0.2, 0.25) is 5.02 Å². The lowest BCUT2D eigenvalue weighted by Crippen LogP contribution is -2.11. The Bertz CT molecular complexity index is 467. The summed E-state index contributed by atoms with van der Waals surface area (Å²) in [5.74, 6) is 0.282. The molecule has 2 aromatic rings. The quantitative estimate of drug-likeness (QED) is 0.841. The normalized spacial score (nSPS) is 12.6. The second kappa shape index (κ2) is 6.93. The molecule has 1 aromatic heterocycles. The van der Waals surface area contributed by atoms with E-state index in [2.05, 4.69) is 16.8 Å². The molecule has 0 fully saturated rings. The van der Waals surface area contributed by atoms with E-state index in [1.54, 1.807) is 11.3 Å². The van der Waals surface area contributed by atoms with E-state index < -0.39 is 0 Å². The van der Waals surface area contributed by atoms with Crippen LogP contribution in [0.1, 0.15) is 17.5 Å². The molecule has 0 radical (unpaired) electrons. The molecule has 3 heteroatoms. The Labute approximate surface area is 117 Å². The average Bonchev–Trinajstić information content (AvgIpc) is 2.90. The van der Waals surface area contributed by atoms with E-state index in [-0.39, 0.29) is 12.5 Å². The van der Waals surface area contributed by atoms with Crippen molar-refractivity contribution in [1.29, 1.82) is 0 Å². The fraction of sp³-hybridized carbons (Fsp3) is 0.333. The summed E-state index contributed by atoms with van der Waals surface area (Å²) < 4.78 is 0. The van der Waals surface area contributed by atoms with Crippen LogP contribution in [0, 0.1) is 5.92 Å². The van der Waals surface area contributed by atoms with Crippen molar-refractivity contribution < 1.29 is 5.11 Å². The van der Waals surface area contributed by atoms with Crippen molar-refractivity contribution in [3.63, 3.8) is 0 Å². The Morgan fingerprint density at radius 2 is 2.06 bits per heavy atom. The molecular formula is C15H17ClOS. The molecule has 0 spiro atoms. The lowest BCUT2D eigenvalue weighted by molar-refractivity contribution is 0.218. The standard InChI is InChI=1S/C15H17ClOS/c16-15-4-2-1-3-14(15)9-13(10-17)6-5-12-7-8-18-11-12/h1-4,7-8,11,13,17H,5-6,9-10H2. The summed E-state index contributed by atoms with van der Waals surface area (Å²) in [7, 11) is 0. The van der Waals surface area contributed by atoms with Gasteiger partial charge < -0.3 is 5.11 Å². The van der Waals surface area contributed by atoms with E-state index in [1.165, 1.54) is 5.56 Å². The summed E-state index contributed by atoms with van der Waals surface area (Å²) in [6.45, 7) is 0.218. The number of thiophene rings is 1. The molecule has 0 aliphatic heterocycles. The number of aliphatic hydroxyl groups excluding tert-OH is 1. The van der Waals surface area contributed by atoms with E-state index in [0.29, 0.717) is 0 Å². The SMILES string of the molecule is OCC(CCc1ccsc1)Cc1ccccc1Cl. The van der Waals surface area contributed by atoms with Gasteiger partial charge in [-0.2, -0.15) is 11.3 Å². The van der Waals surface area contributed by atoms with Crippen LogP contribution in [-0.4, -0.2) is 11.7 Å². The fourth-order valence-electron chi connectivity index (χ4n) is 2.04. The molecule has 1 aromatic carbocycles. The molecule has 2 rings (SSSR count). The van der Waals surface area contributed by atoms with Crippen LogP contribution in [0.3, 0.4) is 0 Å². The molecule has 18 heavy (non-hydrogen) atoms. The van der Waals surface area contributed by atoms with Crippen molar-refractivity contribution in [3.05, 3.63) is 57.2 Å². The predicted molar refractivity (Wildman–Crippen MR) is 78.4 cm³/mol. The molecule has 1 unspecified atom stereocenters. The maximum Gasteiger partial charge on any atom is 0.0462 e. The van der Waals surface area contributed by atoms with Crippen molar-refractivity contribution in [2.45, 2.75) is 19.3 Å². The van der Waals surface area contributed by atoms with Gasteiger partial charge >= 0.3 is 0 Å². The zero-order valence-corrected chi connectivity index (χ0v) is 11.8. The summed E-state index contributed by atoms with van der Waals surface area (Å²) in [4.78, 5) is 0. The van der Waals surface area contributed by atoms with Crippen LogP contribution >= 0.6 is 22.9 Å². The summed E-state index contributed by atoms with van der Waals surface area (Å²) in [5, 5.41) is 14.5. The van der Waals surface area contributed by atoms with Crippen LogP contribution in [0.15, 0.2) is 41.1 Å². The van der Waals surface area contributed by atoms with E-state index in [0.717, 1.165) is 29.8 Å².